The number of carbonyl (C=O) groups is 1. The molecule has 1 fully saturated rings. The van der Waals surface area contributed by atoms with E-state index in [1.807, 2.05) is 0 Å². The molecular weight excluding hydrogens is 271 g/mol. The van der Waals surface area contributed by atoms with E-state index in [2.05, 4.69) is 22.1 Å². The van der Waals surface area contributed by atoms with Crippen LogP contribution in [0.3, 0.4) is 0 Å². The number of aliphatic hydroxyl groups is 1. The molecule has 112 valence electrons. The van der Waals surface area contributed by atoms with Crippen LogP contribution in [0.25, 0.3) is 0 Å². The average Bonchev–Trinajstić information content (AvgIpc) is 2.67. The first-order valence-corrected chi connectivity index (χ1v) is 7.06. The van der Waals surface area contributed by atoms with Crippen molar-refractivity contribution in [3.05, 3.63) is 35.1 Å². The number of amides is 1. The predicted molar refractivity (Wildman–Crippen MR) is 77.9 cm³/mol. The van der Waals surface area contributed by atoms with Crippen molar-refractivity contribution in [2.24, 2.45) is 0 Å². The van der Waals surface area contributed by atoms with Gasteiger partial charge in [0.05, 0.1) is 12.2 Å². The second-order valence-electron chi connectivity index (χ2n) is 4.97. The van der Waals surface area contributed by atoms with E-state index in [0.717, 1.165) is 12.1 Å². The van der Waals surface area contributed by atoms with Gasteiger partial charge in [-0.2, -0.15) is 0 Å². The van der Waals surface area contributed by atoms with Gasteiger partial charge in [0.1, 0.15) is 5.82 Å². The fourth-order valence-corrected chi connectivity index (χ4v) is 2.21. The Kier molecular flexibility index (Phi) is 5.73. The quantitative estimate of drug-likeness (QED) is 0.813. The lowest BCUT2D eigenvalue weighted by molar-refractivity contribution is -0.120. The summed E-state index contributed by atoms with van der Waals surface area (Å²) in [5, 5.41) is 11.5. The van der Waals surface area contributed by atoms with Gasteiger partial charge in [0, 0.05) is 39.0 Å². The lowest BCUT2D eigenvalue weighted by atomic mass is 10.1. The van der Waals surface area contributed by atoms with Crippen LogP contribution in [0.15, 0.2) is 18.2 Å². The summed E-state index contributed by atoms with van der Waals surface area (Å²) in [5.41, 5.74) is 1.32. The highest BCUT2D eigenvalue weighted by atomic mass is 19.1. The Balaban J connectivity index is 2.05. The molecule has 0 atom stereocenters. The van der Waals surface area contributed by atoms with Crippen molar-refractivity contribution >= 4 is 5.91 Å². The molecule has 0 unspecified atom stereocenters. The first-order valence-electron chi connectivity index (χ1n) is 7.06. The fourth-order valence-electron chi connectivity index (χ4n) is 2.21. The lowest BCUT2D eigenvalue weighted by Gasteiger charge is -2.19. The van der Waals surface area contributed by atoms with Crippen LogP contribution in [0.4, 0.5) is 4.39 Å². The number of hydrogen-bond acceptors (Lipinski definition) is 3. The van der Waals surface area contributed by atoms with Crippen LogP contribution in [0.5, 0.6) is 0 Å². The monoisotopic (exact) mass is 290 g/mol. The third-order valence-electron chi connectivity index (χ3n) is 3.30. The zero-order valence-corrected chi connectivity index (χ0v) is 11.9. The van der Waals surface area contributed by atoms with Gasteiger partial charge in [-0.1, -0.05) is 17.9 Å². The highest BCUT2D eigenvalue weighted by molar-refractivity contribution is 5.76. The number of carbonyl (C=O) groups excluding carboxylic acids is 1. The highest BCUT2D eigenvalue weighted by Crippen LogP contribution is 2.12. The third kappa shape index (κ3) is 4.85. The number of halogens is 1. The van der Waals surface area contributed by atoms with E-state index in [-0.39, 0.29) is 18.3 Å². The molecule has 0 radical (unpaired) electrons. The summed E-state index contributed by atoms with van der Waals surface area (Å²) in [4.78, 5) is 13.5. The maximum Gasteiger partial charge on any atom is 0.221 e. The van der Waals surface area contributed by atoms with Gasteiger partial charge in [-0.05, 0) is 17.7 Å². The fraction of sp³-hybridized carbons (Fsp3) is 0.438. The van der Waals surface area contributed by atoms with E-state index < -0.39 is 0 Å². The maximum atomic E-state index is 13.7. The van der Waals surface area contributed by atoms with Gasteiger partial charge in [-0.3, -0.25) is 9.69 Å². The van der Waals surface area contributed by atoms with Crippen molar-refractivity contribution in [2.45, 2.75) is 19.4 Å². The van der Waals surface area contributed by atoms with Crippen molar-refractivity contribution in [3.8, 4) is 11.8 Å². The van der Waals surface area contributed by atoms with Crippen molar-refractivity contribution < 1.29 is 14.3 Å². The van der Waals surface area contributed by atoms with Crippen molar-refractivity contribution in [1.82, 2.24) is 10.2 Å². The molecule has 0 saturated carbocycles. The van der Waals surface area contributed by atoms with E-state index in [1.54, 1.807) is 12.1 Å². The minimum atomic E-state index is -0.350. The Morgan fingerprint density at radius 1 is 1.38 bits per heavy atom. The molecule has 2 N–H and O–H groups in total. The molecule has 4 nitrogen and oxygen atoms in total. The minimum absolute atomic E-state index is 0.0247. The minimum Gasteiger partial charge on any atom is -0.395 e. The molecule has 0 bridgehead atoms. The molecule has 0 aromatic heterocycles. The van der Waals surface area contributed by atoms with Gasteiger partial charge in [-0.15, -0.1) is 0 Å². The molecule has 5 heteroatoms. The van der Waals surface area contributed by atoms with Crippen molar-refractivity contribution in [2.75, 3.05) is 26.2 Å². The van der Waals surface area contributed by atoms with Crippen molar-refractivity contribution in [3.63, 3.8) is 0 Å². The second-order valence-corrected chi connectivity index (χ2v) is 4.97. The molecule has 21 heavy (non-hydrogen) atoms. The van der Waals surface area contributed by atoms with E-state index in [0.29, 0.717) is 38.0 Å². The number of benzene rings is 1. The summed E-state index contributed by atoms with van der Waals surface area (Å²) < 4.78 is 13.7. The summed E-state index contributed by atoms with van der Waals surface area (Å²) in [6, 6.07) is 4.89. The zero-order valence-electron chi connectivity index (χ0n) is 11.9. The topological polar surface area (TPSA) is 52.6 Å². The van der Waals surface area contributed by atoms with Crippen LogP contribution < -0.4 is 5.32 Å². The van der Waals surface area contributed by atoms with Crippen LogP contribution >= 0.6 is 0 Å². The number of nitrogens with zero attached hydrogens (tertiary/aromatic N) is 1. The molecule has 2 rings (SSSR count). The summed E-state index contributed by atoms with van der Waals surface area (Å²) in [5.74, 6) is 5.20. The molecule has 1 aromatic rings. The summed E-state index contributed by atoms with van der Waals surface area (Å²) >= 11 is 0. The Morgan fingerprint density at radius 3 is 3.05 bits per heavy atom. The van der Waals surface area contributed by atoms with Gasteiger partial charge < -0.3 is 10.4 Å². The SMILES string of the molecule is O=C1CCN(Cc2ccc(F)c(C#CCCO)c2)CCN1. The molecule has 1 aliphatic rings. The van der Waals surface area contributed by atoms with E-state index in [4.69, 9.17) is 5.11 Å². The molecule has 1 saturated heterocycles. The molecule has 0 spiro atoms. The standard InChI is InChI=1S/C16H19FN2O2/c17-15-5-4-13(11-14(15)3-1-2-10-20)12-19-8-6-16(21)18-7-9-19/h4-5,11,20H,2,6-10,12H2,(H,18,21). The van der Waals surface area contributed by atoms with Gasteiger partial charge in [0.25, 0.3) is 0 Å². The third-order valence-corrected chi connectivity index (χ3v) is 3.30. The molecule has 1 heterocycles. The molecule has 1 aliphatic heterocycles. The predicted octanol–water partition coefficient (Wildman–Crippen LogP) is 0.882. The lowest BCUT2D eigenvalue weighted by Crippen LogP contribution is -2.28. The van der Waals surface area contributed by atoms with E-state index in [1.165, 1.54) is 6.07 Å². The first-order chi connectivity index (χ1) is 10.2. The van der Waals surface area contributed by atoms with Gasteiger partial charge in [0.15, 0.2) is 0 Å². The largest absolute Gasteiger partial charge is 0.395 e. The summed E-state index contributed by atoms with van der Waals surface area (Å²) in [7, 11) is 0. The Hall–Kier alpha value is -1.90. The maximum absolute atomic E-state index is 13.7. The Morgan fingerprint density at radius 2 is 2.24 bits per heavy atom. The van der Waals surface area contributed by atoms with Crippen LogP contribution in [-0.2, 0) is 11.3 Å². The van der Waals surface area contributed by atoms with Crippen LogP contribution in [-0.4, -0.2) is 42.2 Å². The normalized spacial score (nSPS) is 15.8. The van der Waals surface area contributed by atoms with Crippen LogP contribution in [0, 0.1) is 17.7 Å². The first kappa shape index (κ1) is 15.5. The van der Waals surface area contributed by atoms with Crippen LogP contribution in [0.1, 0.15) is 24.0 Å². The number of nitrogens with one attached hydrogen (secondary N) is 1. The molecule has 1 aromatic carbocycles. The van der Waals surface area contributed by atoms with Crippen molar-refractivity contribution in [1.29, 1.82) is 0 Å². The smallest absolute Gasteiger partial charge is 0.221 e. The summed E-state index contributed by atoms with van der Waals surface area (Å²) in [6.07, 6.45) is 0.827. The zero-order chi connectivity index (χ0) is 15.1. The van der Waals surface area contributed by atoms with E-state index >= 15 is 0 Å². The Bertz CT molecular complexity index is 563. The van der Waals surface area contributed by atoms with E-state index in [9.17, 15) is 9.18 Å². The summed E-state index contributed by atoms with van der Waals surface area (Å²) in [6.45, 7) is 2.78. The second kappa shape index (κ2) is 7.77. The molecule has 1 amide bonds. The average molecular weight is 290 g/mol. The highest BCUT2D eigenvalue weighted by Gasteiger charge is 2.13. The number of rotatable bonds is 3. The number of hydrogen-bond donors (Lipinski definition) is 2. The van der Waals surface area contributed by atoms with Gasteiger partial charge >= 0.3 is 0 Å². The molecule has 0 aliphatic carbocycles. The molecular formula is C16H19FN2O2. The Labute approximate surface area is 124 Å². The number of aliphatic hydroxyl groups excluding tert-OH is 1. The van der Waals surface area contributed by atoms with Gasteiger partial charge in [0.2, 0.25) is 5.91 Å². The van der Waals surface area contributed by atoms with Gasteiger partial charge in [-0.25, -0.2) is 4.39 Å². The van der Waals surface area contributed by atoms with Crippen LogP contribution in [0.2, 0.25) is 0 Å².